The van der Waals surface area contributed by atoms with E-state index in [1.54, 1.807) is 12.1 Å². The molecule has 1 aromatic rings. The Balaban J connectivity index is 2.03. The minimum absolute atomic E-state index is 0.0478. The van der Waals surface area contributed by atoms with E-state index in [1.807, 2.05) is 39.0 Å². The van der Waals surface area contributed by atoms with Gasteiger partial charge in [-0.3, -0.25) is 4.79 Å². The number of benzene rings is 1. The monoisotopic (exact) mass is 289 g/mol. The molecule has 21 heavy (non-hydrogen) atoms. The SMILES string of the molecule is CC(C)(C)OC(=O)NC(CC1CC1)C(=O)c1ccccc1. The molecule has 1 N–H and O–H groups in total. The highest BCUT2D eigenvalue weighted by molar-refractivity contribution is 6.01. The Kier molecular flexibility index (Phi) is 4.66. The second-order valence-electron chi connectivity index (χ2n) is 6.61. The molecule has 0 radical (unpaired) electrons. The normalized spacial score (nSPS) is 16.1. The Labute approximate surface area is 125 Å². The van der Waals surface area contributed by atoms with E-state index in [1.165, 1.54) is 0 Å². The van der Waals surface area contributed by atoms with E-state index in [-0.39, 0.29) is 5.78 Å². The topological polar surface area (TPSA) is 55.4 Å². The highest BCUT2D eigenvalue weighted by atomic mass is 16.6. The number of Topliss-reactive ketones (excluding diaryl/α,β-unsaturated/α-hetero) is 1. The van der Waals surface area contributed by atoms with E-state index >= 15 is 0 Å². The molecule has 1 aliphatic carbocycles. The van der Waals surface area contributed by atoms with Gasteiger partial charge in [-0.1, -0.05) is 43.2 Å². The zero-order valence-electron chi connectivity index (χ0n) is 12.9. The third-order valence-electron chi connectivity index (χ3n) is 3.33. The van der Waals surface area contributed by atoms with E-state index in [2.05, 4.69) is 5.32 Å². The maximum absolute atomic E-state index is 12.5. The number of carbonyl (C=O) groups excluding carboxylic acids is 2. The number of alkyl carbamates (subject to hydrolysis) is 1. The van der Waals surface area contributed by atoms with Crippen molar-refractivity contribution in [3.63, 3.8) is 0 Å². The molecule has 114 valence electrons. The van der Waals surface area contributed by atoms with Crippen LogP contribution in [0.2, 0.25) is 0 Å². The number of amides is 1. The lowest BCUT2D eigenvalue weighted by molar-refractivity contribution is 0.0487. The first kappa shape index (κ1) is 15.5. The predicted octanol–water partition coefficient (Wildman–Crippen LogP) is 3.56. The van der Waals surface area contributed by atoms with Crippen LogP contribution < -0.4 is 5.32 Å². The Bertz CT molecular complexity index is 501. The van der Waals surface area contributed by atoms with Crippen LogP contribution in [0.4, 0.5) is 4.79 Å². The van der Waals surface area contributed by atoms with Crippen molar-refractivity contribution in [2.75, 3.05) is 0 Å². The van der Waals surface area contributed by atoms with Gasteiger partial charge in [-0.15, -0.1) is 0 Å². The first-order valence-corrected chi connectivity index (χ1v) is 7.44. The van der Waals surface area contributed by atoms with Crippen LogP contribution in [0.1, 0.15) is 50.4 Å². The van der Waals surface area contributed by atoms with Crippen molar-refractivity contribution in [1.82, 2.24) is 5.32 Å². The van der Waals surface area contributed by atoms with Crippen molar-refractivity contribution >= 4 is 11.9 Å². The summed E-state index contributed by atoms with van der Waals surface area (Å²) >= 11 is 0. The molecule has 0 bridgehead atoms. The molecule has 2 rings (SSSR count). The maximum Gasteiger partial charge on any atom is 0.408 e. The highest BCUT2D eigenvalue weighted by Crippen LogP contribution is 2.34. The maximum atomic E-state index is 12.5. The number of ether oxygens (including phenoxy) is 1. The van der Waals surface area contributed by atoms with Crippen molar-refractivity contribution in [2.45, 2.75) is 51.7 Å². The molecule has 1 atom stereocenters. The van der Waals surface area contributed by atoms with Gasteiger partial charge in [0.1, 0.15) is 5.60 Å². The lowest BCUT2D eigenvalue weighted by Gasteiger charge is -2.23. The van der Waals surface area contributed by atoms with Gasteiger partial charge < -0.3 is 10.1 Å². The lowest BCUT2D eigenvalue weighted by atomic mass is 9.99. The van der Waals surface area contributed by atoms with Gasteiger partial charge in [0.25, 0.3) is 0 Å². The van der Waals surface area contributed by atoms with Crippen LogP contribution in [0, 0.1) is 5.92 Å². The van der Waals surface area contributed by atoms with Gasteiger partial charge in [-0.25, -0.2) is 4.79 Å². The van der Waals surface area contributed by atoms with Crippen LogP contribution in [0.5, 0.6) is 0 Å². The first-order valence-electron chi connectivity index (χ1n) is 7.44. The van der Waals surface area contributed by atoms with Gasteiger partial charge in [-0.05, 0) is 33.1 Å². The van der Waals surface area contributed by atoms with Crippen molar-refractivity contribution < 1.29 is 14.3 Å². The molecular formula is C17H23NO3. The molecule has 0 aliphatic heterocycles. The van der Waals surface area contributed by atoms with Crippen LogP contribution in [-0.2, 0) is 4.74 Å². The molecule has 0 spiro atoms. The number of nitrogens with one attached hydrogen (secondary N) is 1. The summed E-state index contributed by atoms with van der Waals surface area (Å²) in [6.45, 7) is 5.42. The fourth-order valence-electron chi connectivity index (χ4n) is 2.17. The van der Waals surface area contributed by atoms with Gasteiger partial charge in [-0.2, -0.15) is 0 Å². The zero-order chi connectivity index (χ0) is 15.5. The average molecular weight is 289 g/mol. The Morgan fingerprint density at radius 1 is 1.24 bits per heavy atom. The van der Waals surface area contributed by atoms with Gasteiger partial charge in [0.05, 0.1) is 6.04 Å². The Morgan fingerprint density at radius 3 is 2.38 bits per heavy atom. The van der Waals surface area contributed by atoms with E-state index in [4.69, 9.17) is 4.74 Å². The fraction of sp³-hybridized carbons (Fsp3) is 0.529. The summed E-state index contributed by atoms with van der Waals surface area (Å²) in [4.78, 5) is 24.5. The minimum Gasteiger partial charge on any atom is -0.444 e. The summed E-state index contributed by atoms with van der Waals surface area (Å²) in [6, 6.07) is 8.57. The molecule has 1 aromatic carbocycles. The highest BCUT2D eigenvalue weighted by Gasteiger charge is 2.31. The molecule has 1 amide bonds. The molecule has 4 heteroatoms. The molecule has 0 aromatic heterocycles. The van der Waals surface area contributed by atoms with E-state index in [0.717, 1.165) is 12.8 Å². The molecule has 0 saturated heterocycles. The van der Waals surface area contributed by atoms with Gasteiger partial charge >= 0.3 is 6.09 Å². The van der Waals surface area contributed by atoms with Crippen LogP contribution in [0.15, 0.2) is 30.3 Å². The number of hydrogen-bond acceptors (Lipinski definition) is 3. The predicted molar refractivity (Wildman–Crippen MR) is 81.3 cm³/mol. The average Bonchev–Trinajstić information content (AvgIpc) is 3.20. The minimum atomic E-state index is -0.565. The molecule has 1 fully saturated rings. The van der Waals surface area contributed by atoms with Crippen molar-refractivity contribution in [1.29, 1.82) is 0 Å². The van der Waals surface area contributed by atoms with Gasteiger partial charge in [0, 0.05) is 5.56 Å². The smallest absolute Gasteiger partial charge is 0.408 e. The lowest BCUT2D eigenvalue weighted by Crippen LogP contribution is -2.43. The van der Waals surface area contributed by atoms with Crippen LogP contribution >= 0.6 is 0 Å². The van der Waals surface area contributed by atoms with E-state index in [9.17, 15) is 9.59 Å². The van der Waals surface area contributed by atoms with Crippen molar-refractivity contribution in [2.24, 2.45) is 5.92 Å². The third-order valence-corrected chi connectivity index (χ3v) is 3.33. The van der Waals surface area contributed by atoms with Crippen molar-refractivity contribution in [3.05, 3.63) is 35.9 Å². The van der Waals surface area contributed by atoms with Crippen LogP contribution in [-0.4, -0.2) is 23.5 Å². The quantitative estimate of drug-likeness (QED) is 0.843. The fourth-order valence-corrected chi connectivity index (χ4v) is 2.17. The van der Waals surface area contributed by atoms with Gasteiger partial charge in [0.15, 0.2) is 5.78 Å². The number of carbonyl (C=O) groups is 2. The molecule has 1 unspecified atom stereocenters. The summed E-state index contributed by atoms with van der Waals surface area (Å²) in [5.74, 6) is 0.492. The van der Waals surface area contributed by atoms with Gasteiger partial charge in [0.2, 0.25) is 0 Å². The number of hydrogen-bond donors (Lipinski definition) is 1. The Hall–Kier alpha value is -1.84. The Morgan fingerprint density at radius 2 is 1.86 bits per heavy atom. The standard InChI is InChI=1S/C17H23NO3/c1-17(2,3)21-16(20)18-14(11-12-9-10-12)15(19)13-7-5-4-6-8-13/h4-8,12,14H,9-11H2,1-3H3,(H,18,20). The molecule has 4 nitrogen and oxygen atoms in total. The molecule has 1 saturated carbocycles. The van der Waals surface area contributed by atoms with Crippen LogP contribution in [0.3, 0.4) is 0 Å². The summed E-state index contributed by atoms with van der Waals surface area (Å²) in [5, 5.41) is 2.73. The zero-order valence-corrected chi connectivity index (χ0v) is 12.9. The molecule has 1 aliphatic rings. The summed E-state index contributed by atoms with van der Waals surface area (Å²) in [6.07, 6.45) is 2.42. The second-order valence-corrected chi connectivity index (χ2v) is 6.61. The van der Waals surface area contributed by atoms with E-state index < -0.39 is 17.7 Å². The van der Waals surface area contributed by atoms with Crippen LogP contribution in [0.25, 0.3) is 0 Å². The summed E-state index contributed by atoms with van der Waals surface area (Å²) < 4.78 is 5.25. The summed E-state index contributed by atoms with van der Waals surface area (Å²) in [7, 11) is 0. The largest absolute Gasteiger partial charge is 0.444 e. The third kappa shape index (κ3) is 5.21. The molecular weight excluding hydrogens is 266 g/mol. The van der Waals surface area contributed by atoms with E-state index in [0.29, 0.717) is 17.9 Å². The molecule has 0 heterocycles. The number of ketones is 1. The van der Waals surface area contributed by atoms with Crippen molar-refractivity contribution in [3.8, 4) is 0 Å². The number of rotatable bonds is 5. The first-order chi connectivity index (χ1) is 9.85. The second kappa shape index (κ2) is 6.29. The summed E-state index contributed by atoms with van der Waals surface area (Å²) in [5.41, 5.74) is 0.0588.